The molecule has 1 aliphatic heterocycles. The normalized spacial score (nSPS) is 15.3. The molecule has 10 nitrogen and oxygen atoms in total. The van der Waals surface area contributed by atoms with Crippen LogP contribution in [0.2, 0.25) is 0 Å². The van der Waals surface area contributed by atoms with Gasteiger partial charge in [0.25, 0.3) is 0 Å². The van der Waals surface area contributed by atoms with Gasteiger partial charge in [0, 0.05) is 29.8 Å². The number of epoxide rings is 1. The van der Waals surface area contributed by atoms with Crippen molar-refractivity contribution < 1.29 is 67.7 Å². The number of hydrazine groups is 1. The molecule has 2 aromatic heterocycles. The standard InChI is InChI=1S/C21H16F4N4O2.C21H12F4N2O2.I3/c22-14-3-7-17(18(23)9-14)20(30,12-29-27)21(24,25)19-8-6-16(11-28-19)31-15-4-1-13(10-26)2-5-15;22-14-3-7-17(18(23)9-14)20(12-28-20)21(24,25)19-8-6-16(11-27-19)29-15-4-1-13(10-26)2-5-15;1-3-2/h1-9,11,29-30H,12,27H2;1-9,11H,12H2;/q;;-1. The molecule has 0 aliphatic carbocycles. The van der Waals surface area contributed by atoms with Gasteiger partial charge in [-0.1, -0.05) is 6.07 Å². The molecule has 0 saturated carbocycles. The van der Waals surface area contributed by atoms with Gasteiger partial charge < -0.3 is 19.3 Å². The average molecular weight is 1210 g/mol. The molecule has 21 heteroatoms. The van der Waals surface area contributed by atoms with Gasteiger partial charge in [0.1, 0.15) is 57.7 Å². The number of aliphatic hydroxyl groups is 1. The number of benzene rings is 4. The summed E-state index contributed by atoms with van der Waals surface area (Å²) in [4.78, 5) is 7.40. The van der Waals surface area contributed by atoms with Gasteiger partial charge in [0.15, 0.2) is 11.2 Å². The van der Waals surface area contributed by atoms with E-state index >= 15 is 17.6 Å². The first-order valence-corrected chi connectivity index (χ1v) is 30.2. The average Bonchev–Trinajstić information content (AvgIpc) is 4.08. The maximum Gasteiger partial charge on any atom is 0.324 e. The molecule has 3 heterocycles. The predicted molar refractivity (Wildman–Crippen MR) is 223 cm³/mol. The molecule has 328 valence electrons. The van der Waals surface area contributed by atoms with Gasteiger partial charge >= 0.3 is 62.3 Å². The molecule has 2 unspecified atom stereocenters. The Morgan fingerprint density at radius 1 is 0.714 bits per heavy atom. The zero-order valence-corrected chi connectivity index (χ0v) is 38.1. The largest absolute Gasteiger partial charge is 0.456 e. The van der Waals surface area contributed by atoms with Crippen LogP contribution < -0.4 is 34.0 Å². The van der Waals surface area contributed by atoms with Crippen molar-refractivity contribution in [3.63, 3.8) is 0 Å². The topological polar surface area (TPSA) is 163 Å². The molecule has 4 N–H and O–H groups in total. The van der Waals surface area contributed by atoms with Gasteiger partial charge in [-0.25, -0.2) is 17.6 Å². The fourth-order valence-electron chi connectivity index (χ4n) is 5.88. The van der Waals surface area contributed by atoms with Crippen LogP contribution in [0.3, 0.4) is 0 Å². The number of halogens is 11. The van der Waals surface area contributed by atoms with Crippen LogP contribution in [-0.2, 0) is 27.8 Å². The Bertz CT molecular complexity index is 2580. The second-order valence-corrected chi connectivity index (χ2v) is 29.3. The number of rotatable bonds is 12. The minimum atomic E-state index is -4.12. The van der Waals surface area contributed by atoms with E-state index in [1.165, 1.54) is 36.4 Å². The smallest absolute Gasteiger partial charge is 0.324 e. The van der Waals surface area contributed by atoms with E-state index in [-0.39, 0.29) is 11.5 Å². The monoisotopic (exact) mass is 1210 g/mol. The van der Waals surface area contributed by atoms with Gasteiger partial charge in [0.05, 0.1) is 42.3 Å². The molecule has 1 aliphatic rings. The van der Waals surface area contributed by atoms with Gasteiger partial charge in [0.2, 0.25) is 0 Å². The molecule has 0 amide bonds. The number of pyridine rings is 2. The second-order valence-electron chi connectivity index (χ2n) is 13.0. The summed E-state index contributed by atoms with van der Waals surface area (Å²) in [5.41, 5.74) is -5.41. The van der Waals surface area contributed by atoms with E-state index in [1.54, 1.807) is 24.3 Å². The van der Waals surface area contributed by atoms with Crippen LogP contribution in [-0.4, -0.2) is 28.2 Å². The Morgan fingerprint density at radius 2 is 1.16 bits per heavy atom. The molecule has 63 heavy (non-hydrogen) atoms. The second kappa shape index (κ2) is 21.3. The van der Waals surface area contributed by atoms with Crippen molar-refractivity contribution >= 4 is 37.2 Å². The molecule has 2 atom stereocenters. The number of hydrogen-bond donors (Lipinski definition) is 3. The molecule has 0 radical (unpaired) electrons. The molecule has 1 fully saturated rings. The number of nitrogens with two attached hydrogens (primary N) is 1. The van der Waals surface area contributed by atoms with E-state index < -0.39 is 82.0 Å². The molecule has 0 bridgehead atoms. The van der Waals surface area contributed by atoms with E-state index in [4.69, 9.17) is 30.6 Å². The van der Waals surface area contributed by atoms with Gasteiger partial charge in [-0.15, -0.1) is 0 Å². The summed E-state index contributed by atoms with van der Waals surface area (Å²) in [6, 6.07) is 24.9. The van der Waals surface area contributed by atoms with Crippen molar-refractivity contribution in [1.82, 2.24) is 15.4 Å². The third kappa shape index (κ3) is 11.3. The quantitative estimate of drug-likeness (QED) is 0.0373. The summed E-state index contributed by atoms with van der Waals surface area (Å²) in [5, 5.41) is 28.3. The Hall–Kier alpha value is -4.77. The van der Waals surface area contributed by atoms with E-state index in [1.807, 2.05) is 17.6 Å². The Kier molecular flexibility index (Phi) is 16.6. The summed E-state index contributed by atoms with van der Waals surface area (Å²) in [6.45, 7) is -1.37. The Morgan fingerprint density at radius 3 is 1.56 bits per heavy atom. The Labute approximate surface area is 383 Å². The van der Waals surface area contributed by atoms with Crippen LogP contribution in [0.1, 0.15) is 33.6 Å². The number of ether oxygens (including phenoxy) is 3. The summed E-state index contributed by atoms with van der Waals surface area (Å²) < 4.78 is 131. The van der Waals surface area contributed by atoms with Crippen molar-refractivity contribution in [3.8, 4) is 35.1 Å². The predicted octanol–water partition coefficient (Wildman–Crippen LogP) is 7.28. The fourth-order valence-corrected chi connectivity index (χ4v) is 5.88. The van der Waals surface area contributed by atoms with Crippen LogP contribution in [0.4, 0.5) is 35.1 Å². The first kappa shape index (κ1) is 49.2. The van der Waals surface area contributed by atoms with Gasteiger partial charge in [-0.2, -0.15) is 28.1 Å². The number of alkyl halides is 4. The first-order chi connectivity index (χ1) is 30.0. The zero-order chi connectivity index (χ0) is 46.0. The zero-order valence-electron chi connectivity index (χ0n) is 31.7. The van der Waals surface area contributed by atoms with Crippen LogP contribution in [0.25, 0.3) is 0 Å². The summed E-state index contributed by atoms with van der Waals surface area (Å²) in [6.07, 6.45) is 2.11. The van der Waals surface area contributed by atoms with Gasteiger partial charge in [-0.3, -0.25) is 21.2 Å². The van der Waals surface area contributed by atoms with Crippen molar-refractivity contribution in [1.29, 1.82) is 10.5 Å². The van der Waals surface area contributed by atoms with Crippen LogP contribution in [0, 0.1) is 45.9 Å². The van der Waals surface area contributed by atoms with E-state index in [0.717, 1.165) is 48.8 Å². The van der Waals surface area contributed by atoms with Crippen molar-refractivity contribution in [2.75, 3.05) is 13.2 Å². The molecule has 6 aromatic rings. The van der Waals surface area contributed by atoms with E-state index in [0.29, 0.717) is 48.0 Å². The van der Waals surface area contributed by atoms with Crippen LogP contribution in [0.15, 0.2) is 122 Å². The van der Waals surface area contributed by atoms with Gasteiger partial charge in [-0.05, 0) is 91.0 Å². The maximum absolute atomic E-state index is 15.3. The summed E-state index contributed by atoms with van der Waals surface area (Å²) in [5.74, 6) is -5.91. The number of hydrogen-bond acceptors (Lipinski definition) is 10. The molecule has 1 saturated heterocycles. The number of nitriles is 2. The Balaban J connectivity index is 0.000000224. The molecule has 7 rings (SSSR count). The fraction of sp³-hybridized carbons (Fsp3) is 0.143. The minimum Gasteiger partial charge on any atom is -0.456 e. The van der Waals surface area contributed by atoms with Crippen molar-refractivity contribution in [2.45, 2.75) is 23.0 Å². The van der Waals surface area contributed by atoms with Crippen molar-refractivity contribution in [2.24, 2.45) is 5.84 Å². The number of nitrogens with zero attached hydrogens (tertiary/aromatic N) is 4. The third-order valence-corrected chi connectivity index (χ3v) is 9.11. The molecule has 4 aromatic carbocycles. The van der Waals surface area contributed by atoms with E-state index in [9.17, 15) is 22.7 Å². The minimum absolute atomic E-state index is 0.109. The molecular weight excluding hydrogens is 1190 g/mol. The van der Waals surface area contributed by atoms with E-state index in [2.05, 4.69) is 47.2 Å². The van der Waals surface area contributed by atoms with Crippen LogP contribution >= 0.6 is 37.2 Å². The maximum atomic E-state index is 15.3. The SMILES string of the molecule is I[I-]I.N#Cc1ccc(Oc2ccc(C(F)(F)C(O)(CNN)c3ccc(F)cc3F)nc2)cc1.N#Cc1ccc(Oc2ccc(C(F)(F)C3(c4ccc(F)cc4F)CO3)nc2)cc1. The van der Waals surface area contributed by atoms with Crippen molar-refractivity contribution in [3.05, 3.63) is 178 Å². The number of nitrogens with one attached hydrogen (secondary N) is 1. The van der Waals surface area contributed by atoms with Crippen LogP contribution in [0.5, 0.6) is 23.0 Å². The first-order valence-electron chi connectivity index (χ1n) is 17.6. The summed E-state index contributed by atoms with van der Waals surface area (Å²) >= 11 is 5.30. The summed E-state index contributed by atoms with van der Waals surface area (Å²) in [7, 11) is 0. The number of aromatic nitrogens is 2. The molecule has 0 spiro atoms. The third-order valence-electron chi connectivity index (χ3n) is 9.11. The molecular formula is C42H28F8I3N6O4-.